The third-order valence-corrected chi connectivity index (χ3v) is 3.86. The van der Waals surface area contributed by atoms with Crippen molar-refractivity contribution in [2.24, 2.45) is 0 Å². The fourth-order valence-electron chi connectivity index (χ4n) is 2.48. The van der Waals surface area contributed by atoms with Crippen LogP contribution in [0, 0.1) is 10.1 Å². The highest BCUT2D eigenvalue weighted by Gasteiger charge is 2.20. The SMILES string of the molecule is CNC(=O)c1cccc(NC(=O)COC(=O)c2cc([N+](=O)[O-])ccc2N(C)C)c1. The molecule has 0 spiro atoms. The highest BCUT2D eigenvalue weighted by atomic mass is 16.6. The average Bonchev–Trinajstić information content (AvgIpc) is 2.70. The average molecular weight is 400 g/mol. The van der Waals surface area contributed by atoms with Crippen molar-refractivity contribution in [2.75, 3.05) is 38.0 Å². The van der Waals surface area contributed by atoms with E-state index in [2.05, 4.69) is 10.6 Å². The summed E-state index contributed by atoms with van der Waals surface area (Å²) < 4.78 is 5.01. The van der Waals surface area contributed by atoms with Crippen LogP contribution >= 0.6 is 0 Å². The van der Waals surface area contributed by atoms with E-state index in [1.165, 1.54) is 25.2 Å². The van der Waals surface area contributed by atoms with Gasteiger partial charge in [-0.25, -0.2) is 4.79 Å². The first-order chi connectivity index (χ1) is 13.7. The van der Waals surface area contributed by atoms with E-state index in [0.717, 1.165) is 6.07 Å². The lowest BCUT2D eigenvalue weighted by atomic mass is 10.1. The summed E-state index contributed by atoms with van der Waals surface area (Å²) in [5.41, 5.74) is 0.835. The fourth-order valence-corrected chi connectivity index (χ4v) is 2.48. The summed E-state index contributed by atoms with van der Waals surface area (Å²) in [7, 11) is 4.83. The molecule has 0 saturated heterocycles. The second-order valence-corrected chi connectivity index (χ2v) is 6.14. The quantitative estimate of drug-likeness (QED) is 0.412. The molecule has 0 saturated carbocycles. The normalized spacial score (nSPS) is 10.0. The fraction of sp³-hybridized carbons (Fsp3) is 0.211. The Balaban J connectivity index is 2.07. The molecule has 10 heteroatoms. The topological polar surface area (TPSA) is 131 Å². The number of hydrogen-bond acceptors (Lipinski definition) is 7. The maximum absolute atomic E-state index is 12.4. The van der Waals surface area contributed by atoms with Gasteiger partial charge >= 0.3 is 5.97 Å². The van der Waals surface area contributed by atoms with Gasteiger partial charge in [-0.3, -0.25) is 19.7 Å². The number of nitrogens with one attached hydrogen (secondary N) is 2. The van der Waals surface area contributed by atoms with Gasteiger partial charge in [0.15, 0.2) is 6.61 Å². The number of nitro benzene ring substituents is 1. The van der Waals surface area contributed by atoms with E-state index in [4.69, 9.17) is 4.74 Å². The summed E-state index contributed by atoms with van der Waals surface area (Å²) in [5.74, 6) is -1.80. The summed E-state index contributed by atoms with van der Waals surface area (Å²) in [4.78, 5) is 48.1. The van der Waals surface area contributed by atoms with E-state index in [9.17, 15) is 24.5 Å². The predicted octanol–water partition coefficient (Wildman–Crippen LogP) is 1.82. The lowest BCUT2D eigenvalue weighted by Gasteiger charge is -2.16. The number of carbonyl (C=O) groups is 3. The molecule has 0 unspecified atom stereocenters. The smallest absolute Gasteiger partial charge is 0.341 e. The lowest BCUT2D eigenvalue weighted by Crippen LogP contribution is -2.23. The monoisotopic (exact) mass is 400 g/mol. The first kappa shape index (κ1) is 21.4. The minimum atomic E-state index is -0.869. The molecule has 2 amide bonds. The Morgan fingerprint density at radius 1 is 1.14 bits per heavy atom. The van der Waals surface area contributed by atoms with Crippen LogP contribution in [0.4, 0.5) is 17.1 Å². The highest BCUT2D eigenvalue weighted by molar-refractivity contribution is 6.00. The Bertz CT molecular complexity index is 957. The second kappa shape index (κ2) is 9.31. The minimum Gasteiger partial charge on any atom is -0.452 e. The van der Waals surface area contributed by atoms with Gasteiger partial charge in [0, 0.05) is 44.5 Å². The van der Waals surface area contributed by atoms with Crippen molar-refractivity contribution < 1.29 is 24.0 Å². The standard InChI is InChI=1S/C19H20N4O6/c1-20-18(25)12-5-4-6-13(9-12)21-17(24)11-29-19(26)15-10-14(23(27)28)7-8-16(15)22(2)3/h4-10H,11H2,1-3H3,(H,20,25)(H,21,24). The third-order valence-electron chi connectivity index (χ3n) is 3.86. The van der Waals surface area contributed by atoms with Crippen molar-refractivity contribution in [3.05, 3.63) is 63.7 Å². The number of anilines is 2. The summed E-state index contributed by atoms with van der Waals surface area (Å²) in [6, 6.07) is 10.0. The van der Waals surface area contributed by atoms with Gasteiger partial charge in [0.05, 0.1) is 16.2 Å². The van der Waals surface area contributed by atoms with Gasteiger partial charge in [-0.1, -0.05) is 6.07 Å². The number of non-ortho nitro benzene ring substituents is 1. The Labute approximate surface area is 166 Å². The Hall–Kier alpha value is -3.95. The Kier molecular flexibility index (Phi) is 6.85. The van der Waals surface area contributed by atoms with E-state index in [1.807, 2.05) is 0 Å². The molecule has 0 heterocycles. The van der Waals surface area contributed by atoms with E-state index in [0.29, 0.717) is 16.9 Å². The van der Waals surface area contributed by atoms with E-state index in [1.54, 1.807) is 37.2 Å². The number of rotatable bonds is 7. The van der Waals surface area contributed by atoms with Gasteiger partial charge in [-0.05, 0) is 24.3 Å². The van der Waals surface area contributed by atoms with Crippen molar-refractivity contribution in [1.82, 2.24) is 5.32 Å². The molecular weight excluding hydrogens is 380 g/mol. The first-order valence-electron chi connectivity index (χ1n) is 8.47. The molecule has 10 nitrogen and oxygen atoms in total. The molecule has 0 aliphatic rings. The number of ether oxygens (including phenoxy) is 1. The molecule has 0 aromatic heterocycles. The summed E-state index contributed by atoms with van der Waals surface area (Å²) in [6.45, 7) is -0.599. The van der Waals surface area contributed by atoms with E-state index >= 15 is 0 Å². The van der Waals surface area contributed by atoms with Crippen LogP contribution in [0.3, 0.4) is 0 Å². The minimum absolute atomic E-state index is 0.0291. The predicted molar refractivity (Wildman–Crippen MR) is 106 cm³/mol. The van der Waals surface area contributed by atoms with Gasteiger partial charge < -0.3 is 20.3 Å². The largest absolute Gasteiger partial charge is 0.452 e. The van der Waals surface area contributed by atoms with Gasteiger partial charge in [-0.15, -0.1) is 0 Å². The van der Waals surface area contributed by atoms with Crippen LogP contribution in [0.15, 0.2) is 42.5 Å². The van der Waals surface area contributed by atoms with Crippen LogP contribution in [0.25, 0.3) is 0 Å². The molecule has 0 atom stereocenters. The van der Waals surface area contributed by atoms with Crippen LogP contribution in [0.5, 0.6) is 0 Å². The molecule has 152 valence electrons. The number of hydrogen-bond donors (Lipinski definition) is 2. The number of amides is 2. The molecule has 2 N–H and O–H groups in total. The Morgan fingerprint density at radius 2 is 1.86 bits per heavy atom. The lowest BCUT2D eigenvalue weighted by molar-refractivity contribution is -0.384. The van der Waals surface area contributed by atoms with E-state index in [-0.39, 0.29) is 17.2 Å². The Morgan fingerprint density at radius 3 is 2.48 bits per heavy atom. The first-order valence-corrected chi connectivity index (χ1v) is 8.47. The number of esters is 1. The number of nitrogens with zero attached hydrogens (tertiary/aromatic N) is 2. The maximum atomic E-state index is 12.4. The molecule has 0 aliphatic carbocycles. The van der Waals surface area contributed by atoms with Crippen LogP contribution in [-0.4, -0.2) is 50.5 Å². The third kappa shape index (κ3) is 5.51. The molecule has 2 rings (SSSR count). The molecule has 0 aliphatic heterocycles. The van der Waals surface area contributed by atoms with Crippen LogP contribution in [0.2, 0.25) is 0 Å². The highest BCUT2D eigenvalue weighted by Crippen LogP contribution is 2.25. The van der Waals surface area contributed by atoms with Crippen LogP contribution in [-0.2, 0) is 9.53 Å². The molecule has 0 radical (unpaired) electrons. The molecule has 0 fully saturated rings. The van der Waals surface area contributed by atoms with Gasteiger partial charge in [0.2, 0.25) is 0 Å². The number of nitro groups is 1. The van der Waals surface area contributed by atoms with Crippen molar-refractivity contribution in [3.8, 4) is 0 Å². The van der Waals surface area contributed by atoms with Crippen molar-refractivity contribution >= 4 is 34.8 Å². The zero-order chi connectivity index (χ0) is 21.6. The summed E-state index contributed by atoms with van der Waals surface area (Å²) >= 11 is 0. The summed E-state index contributed by atoms with van der Waals surface area (Å²) in [6.07, 6.45) is 0. The van der Waals surface area contributed by atoms with Gasteiger partial charge in [0.1, 0.15) is 0 Å². The maximum Gasteiger partial charge on any atom is 0.341 e. The van der Waals surface area contributed by atoms with Crippen molar-refractivity contribution in [3.63, 3.8) is 0 Å². The molecular formula is C19H20N4O6. The van der Waals surface area contributed by atoms with Crippen molar-refractivity contribution in [1.29, 1.82) is 0 Å². The molecule has 2 aromatic carbocycles. The van der Waals surface area contributed by atoms with Gasteiger partial charge in [-0.2, -0.15) is 0 Å². The molecule has 2 aromatic rings. The number of benzene rings is 2. The van der Waals surface area contributed by atoms with Crippen molar-refractivity contribution in [2.45, 2.75) is 0 Å². The van der Waals surface area contributed by atoms with Crippen LogP contribution in [0.1, 0.15) is 20.7 Å². The molecule has 0 bridgehead atoms. The van der Waals surface area contributed by atoms with Gasteiger partial charge in [0.25, 0.3) is 17.5 Å². The summed E-state index contributed by atoms with van der Waals surface area (Å²) in [5, 5.41) is 16.0. The second-order valence-electron chi connectivity index (χ2n) is 6.14. The van der Waals surface area contributed by atoms with E-state index < -0.39 is 23.4 Å². The number of carbonyl (C=O) groups excluding carboxylic acids is 3. The zero-order valence-electron chi connectivity index (χ0n) is 16.1. The molecule has 29 heavy (non-hydrogen) atoms. The zero-order valence-corrected chi connectivity index (χ0v) is 16.1. The van der Waals surface area contributed by atoms with Crippen LogP contribution < -0.4 is 15.5 Å².